The van der Waals surface area contributed by atoms with Crippen molar-refractivity contribution in [2.75, 3.05) is 0 Å². The van der Waals surface area contributed by atoms with Gasteiger partial charge in [-0.2, -0.15) is 5.10 Å². The van der Waals surface area contributed by atoms with Gasteiger partial charge in [-0.3, -0.25) is 4.68 Å². The Morgan fingerprint density at radius 1 is 1.32 bits per heavy atom. The zero-order chi connectivity index (χ0) is 15.9. The molecule has 0 saturated heterocycles. The van der Waals surface area contributed by atoms with Crippen molar-refractivity contribution >= 4 is 21.9 Å². The molecule has 112 valence electrons. The van der Waals surface area contributed by atoms with Crippen molar-refractivity contribution in [3.8, 4) is 16.9 Å². The molecule has 0 unspecified atom stereocenters. The Morgan fingerprint density at radius 2 is 2.09 bits per heavy atom. The minimum atomic E-state index is -1.04. The molecule has 0 spiro atoms. The van der Waals surface area contributed by atoms with Gasteiger partial charge < -0.3 is 9.67 Å². The number of hydrogen-bond donors (Lipinski definition) is 1. The summed E-state index contributed by atoms with van der Waals surface area (Å²) < 4.78 is 4.43. The van der Waals surface area contributed by atoms with E-state index in [1.165, 1.54) is 0 Å². The van der Waals surface area contributed by atoms with Gasteiger partial charge in [0.15, 0.2) is 5.69 Å². The second-order valence-electron chi connectivity index (χ2n) is 4.85. The number of aromatic carboxylic acids is 1. The van der Waals surface area contributed by atoms with Gasteiger partial charge in [-0.25, -0.2) is 9.78 Å². The van der Waals surface area contributed by atoms with E-state index >= 15 is 0 Å². The molecule has 1 N–H and O–H groups in total. The van der Waals surface area contributed by atoms with Gasteiger partial charge in [-0.05, 0) is 41.1 Å². The summed E-state index contributed by atoms with van der Waals surface area (Å²) >= 11 is 3.57. The SMILES string of the molecule is Cc1nccn1-c1ccc(-c2cc(C(=O)O)nn2C)cc1Br. The summed E-state index contributed by atoms with van der Waals surface area (Å²) in [7, 11) is 1.73. The second kappa shape index (κ2) is 5.42. The summed E-state index contributed by atoms with van der Waals surface area (Å²) in [5.74, 6) is -0.145. The van der Waals surface area contributed by atoms with Crippen LogP contribution in [0.5, 0.6) is 0 Å². The Morgan fingerprint density at radius 3 is 2.64 bits per heavy atom. The van der Waals surface area contributed by atoms with Crippen LogP contribution in [0.4, 0.5) is 0 Å². The highest BCUT2D eigenvalue weighted by Crippen LogP contribution is 2.29. The van der Waals surface area contributed by atoms with E-state index in [-0.39, 0.29) is 5.69 Å². The van der Waals surface area contributed by atoms with Crippen LogP contribution in [-0.4, -0.2) is 30.4 Å². The molecule has 0 saturated carbocycles. The third-order valence-electron chi connectivity index (χ3n) is 3.43. The maximum Gasteiger partial charge on any atom is 0.356 e. The lowest BCUT2D eigenvalue weighted by atomic mass is 10.1. The van der Waals surface area contributed by atoms with E-state index in [0.717, 1.165) is 27.2 Å². The Bertz CT molecular complexity index is 866. The molecule has 0 aliphatic rings. The molecule has 22 heavy (non-hydrogen) atoms. The van der Waals surface area contributed by atoms with Gasteiger partial charge in [0.2, 0.25) is 0 Å². The average Bonchev–Trinajstić information content (AvgIpc) is 3.05. The Kier molecular flexibility index (Phi) is 3.58. The molecule has 3 rings (SSSR count). The maximum atomic E-state index is 11.0. The summed E-state index contributed by atoms with van der Waals surface area (Å²) in [4.78, 5) is 15.2. The predicted octanol–water partition coefficient (Wildman–Crippen LogP) is 3.04. The van der Waals surface area contributed by atoms with Gasteiger partial charge in [0.25, 0.3) is 0 Å². The van der Waals surface area contributed by atoms with E-state index in [0.29, 0.717) is 0 Å². The number of rotatable bonds is 3. The van der Waals surface area contributed by atoms with Crippen LogP contribution in [0.3, 0.4) is 0 Å². The Balaban J connectivity index is 2.06. The normalized spacial score (nSPS) is 10.9. The minimum absolute atomic E-state index is 0.0307. The van der Waals surface area contributed by atoms with Crippen molar-refractivity contribution in [1.29, 1.82) is 0 Å². The van der Waals surface area contributed by atoms with Crippen molar-refractivity contribution in [3.63, 3.8) is 0 Å². The quantitative estimate of drug-likeness (QED) is 0.778. The van der Waals surface area contributed by atoms with Crippen molar-refractivity contribution in [3.05, 3.63) is 52.7 Å². The highest BCUT2D eigenvalue weighted by Gasteiger charge is 2.14. The molecule has 2 aromatic heterocycles. The number of carboxylic acid groups (broad SMARTS) is 1. The molecule has 7 heteroatoms. The number of aromatic nitrogens is 4. The first-order valence-corrected chi connectivity index (χ1v) is 7.34. The number of nitrogens with zero attached hydrogens (tertiary/aromatic N) is 4. The fraction of sp³-hybridized carbons (Fsp3) is 0.133. The topological polar surface area (TPSA) is 72.9 Å². The third-order valence-corrected chi connectivity index (χ3v) is 4.06. The Labute approximate surface area is 135 Å². The molecule has 0 amide bonds. The molecule has 1 aromatic carbocycles. The third kappa shape index (κ3) is 2.43. The van der Waals surface area contributed by atoms with Crippen LogP contribution < -0.4 is 0 Å². The fourth-order valence-corrected chi connectivity index (χ4v) is 2.91. The molecule has 0 atom stereocenters. The van der Waals surface area contributed by atoms with Gasteiger partial charge in [0.05, 0.1) is 11.4 Å². The molecule has 3 aromatic rings. The molecular formula is C15H13BrN4O2. The highest BCUT2D eigenvalue weighted by molar-refractivity contribution is 9.10. The summed E-state index contributed by atoms with van der Waals surface area (Å²) in [6.07, 6.45) is 3.64. The molecule has 6 nitrogen and oxygen atoms in total. The number of carbonyl (C=O) groups is 1. The van der Waals surface area contributed by atoms with Crippen LogP contribution in [-0.2, 0) is 7.05 Å². The van der Waals surface area contributed by atoms with Crippen molar-refractivity contribution < 1.29 is 9.90 Å². The molecule has 0 fully saturated rings. The average molecular weight is 361 g/mol. The fourth-order valence-electron chi connectivity index (χ4n) is 2.34. The molecule has 0 bridgehead atoms. The number of imidazole rings is 1. The predicted molar refractivity (Wildman–Crippen MR) is 85.2 cm³/mol. The largest absolute Gasteiger partial charge is 0.476 e. The number of halogens is 1. The summed E-state index contributed by atoms with van der Waals surface area (Å²) in [5.41, 5.74) is 2.63. The maximum absolute atomic E-state index is 11.0. The zero-order valence-corrected chi connectivity index (χ0v) is 13.6. The standard InChI is InChI=1S/C15H13BrN4O2/c1-9-17-5-6-20(9)13-4-3-10(7-11(13)16)14-8-12(15(21)22)18-19(14)2/h3-8H,1-2H3,(H,21,22). The summed E-state index contributed by atoms with van der Waals surface area (Å²) in [6.45, 7) is 1.93. The summed E-state index contributed by atoms with van der Waals surface area (Å²) in [5, 5.41) is 13.0. The van der Waals surface area contributed by atoms with E-state index < -0.39 is 5.97 Å². The lowest BCUT2D eigenvalue weighted by molar-refractivity contribution is 0.0689. The van der Waals surface area contributed by atoms with Crippen molar-refractivity contribution in [1.82, 2.24) is 19.3 Å². The lowest BCUT2D eigenvalue weighted by Gasteiger charge is -2.10. The minimum Gasteiger partial charge on any atom is -0.476 e. The molecule has 0 aliphatic carbocycles. The van der Waals surface area contributed by atoms with E-state index in [4.69, 9.17) is 5.11 Å². The monoisotopic (exact) mass is 360 g/mol. The van der Waals surface area contributed by atoms with Crippen LogP contribution in [0, 0.1) is 6.92 Å². The highest BCUT2D eigenvalue weighted by atomic mass is 79.9. The molecular weight excluding hydrogens is 348 g/mol. The number of hydrogen-bond acceptors (Lipinski definition) is 3. The first-order valence-electron chi connectivity index (χ1n) is 6.55. The van der Waals surface area contributed by atoms with Crippen LogP contribution >= 0.6 is 15.9 Å². The van der Waals surface area contributed by atoms with E-state index in [2.05, 4.69) is 26.0 Å². The van der Waals surface area contributed by atoms with Gasteiger partial charge >= 0.3 is 5.97 Å². The molecule has 0 aliphatic heterocycles. The zero-order valence-electron chi connectivity index (χ0n) is 12.0. The Hall–Kier alpha value is -2.41. The van der Waals surface area contributed by atoms with E-state index in [9.17, 15) is 4.79 Å². The first kappa shape index (κ1) is 14.5. The van der Waals surface area contributed by atoms with Gasteiger partial charge in [0, 0.05) is 29.5 Å². The van der Waals surface area contributed by atoms with E-state index in [1.54, 1.807) is 24.0 Å². The van der Waals surface area contributed by atoms with Crippen LogP contribution in [0.1, 0.15) is 16.3 Å². The van der Waals surface area contributed by atoms with E-state index in [1.807, 2.05) is 35.9 Å². The van der Waals surface area contributed by atoms with Crippen LogP contribution in [0.2, 0.25) is 0 Å². The lowest BCUT2D eigenvalue weighted by Crippen LogP contribution is -1.99. The van der Waals surface area contributed by atoms with Gasteiger partial charge in [-0.1, -0.05) is 6.07 Å². The van der Waals surface area contributed by atoms with Crippen molar-refractivity contribution in [2.24, 2.45) is 7.05 Å². The number of benzene rings is 1. The smallest absolute Gasteiger partial charge is 0.356 e. The molecule has 0 radical (unpaired) electrons. The molecule has 2 heterocycles. The first-order chi connectivity index (χ1) is 10.5. The van der Waals surface area contributed by atoms with Gasteiger partial charge in [-0.15, -0.1) is 0 Å². The van der Waals surface area contributed by atoms with Crippen molar-refractivity contribution in [2.45, 2.75) is 6.92 Å². The second-order valence-corrected chi connectivity index (χ2v) is 5.71. The van der Waals surface area contributed by atoms with Crippen LogP contribution in [0.15, 0.2) is 41.1 Å². The summed E-state index contributed by atoms with van der Waals surface area (Å²) in [6, 6.07) is 7.40. The number of carboxylic acids is 1. The number of aryl methyl sites for hydroxylation is 2. The van der Waals surface area contributed by atoms with Crippen LogP contribution in [0.25, 0.3) is 16.9 Å². The van der Waals surface area contributed by atoms with Gasteiger partial charge in [0.1, 0.15) is 5.82 Å².